The molecule has 0 radical (unpaired) electrons. The lowest BCUT2D eigenvalue weighted by atomic mass is 10.0. The van der Waals surface area contributed by atoms with Crippen LogP contribution in [0.2, 0.25) is 0 Å². The van der Waals surface area contributed by atoms with Crippen LogP contribution in [0.1, 0.15) is 56.5 Å². The molecule has 2 rings (SSSR count). The van der Waals surface area contributed by atoms with Crippen LogP contribution < -0.4 is 5.32 Å². The summed E-state index contributed by atoms with van der Waals surface area (Å²) in [7, 11) is 4.19. The molecule has 112 valence electrons. The smallest absolute Gasteiger partial charge is 0.132 e. The molecule has 1 aliphatic carbocycles. The van der Waals surface area contributed by atoms with Gasteiger partial charge in [-0.1, -0.05) is 19.8 Å². The van der Waals surface area contributed by atoms with E-state index in [9.17, 15) is 0 Å². The van der Waals surface area contributed by atoms with E-state index in [1.165, 1.54) is 31.4 Å². The van der Waals surface area contributed by atoms with Crippen LogP contribution in [-0.4, -0.2) is 42.1 Å². The van der Waals surface area contributed by atoms with E-state index in [2.05, 4.69) is 42.3 Å². The molecular weight excluding hydrogens is 248 g/mol. The third-order valence-corrected chi connectivity index (χ3v) is 3.90. The van der Waals surface area contributed by atoms with Crippen LogP contribution in [0.15, 0.2) is 6.07 Å². The molecule has 1 N–H and O–H groups in total. The van der Waals surface area contributed by atoms with Gasteiger partial charge < -0.3 is 10.2 Å². The number of anilines is 1. The van der Waals surface area contributed by atoms with Crippen molar-refractivity contribution in [2.75, 3.05) is 32.5 Å². The number of hydrogen-bond acceptors (Lipinski definition) is 4. The number of likely N-dealkylation sites (N-methyl/N-ethyl adjacent to an activating group) is 1. The molecule has 0 atom stereocenters. The van der Waals surface area contributed by atoms with Crippen LogP contribution in [0.3, 0.4) is 0 Å². The first kappa shape index (κ1) is 15.2. The van der Waals surface area contributed by atoms with Crippen molar-refractivity contribution in [3.63, 3.8) is 0 Å². The van der Waals surface area contributed by atoms with Crippen molar-refractivity contribution in [2.45, 2.75) is 51.4 Å². The molecule has 0 amide bonds. The molecule has 0 aliphatic heterocycles. The van der Waals surface area contributed by atoms with Gasteiger partial charge in [0.1, 0.15) is 11.6 Å². The lowest BCUT2D eigenvalue weighted by molar-refractivity contribution is 0.409. The monoisotopic (exact) mass is 276 g/mol. The Morgan fingerprint density at radius 1 is 1.25 bits per heavy atom. The summed E-state index contributed by atoms with van der Waals surface area (Å²) >= 11 is 0. The molecule has 1 aromatic rings. The van der Waals surface area contributed by atoms with Crippen molar-refractivity contribution >= 4 is 5.82 Å². The van der Waals surface area contributed by atoms with Gasteiger partial charge in [0.25, 0.3) is 0 Å². The highest BCUT2D eigenvalue weighted by Crippen LogP contribution is 2.33. The Bertz CT molecular complexity index is 411. The summed E-state index contributed by atoms with van der Waals surface area (Å²) in [5, 5.41) is 3.42. The topological polar surface area (TPSA) is 41.1 Å². The Hall–Kier alpha value is -1.16. The van der Waals surface area contributed by atoms with Gasteiger partial charge in [-0.3, -0.25) is 0 Å². The molecule has 0 bridgehead atoms. The summed E-state index contributed by atoms with van der Waals surface area (Å²) in [6, 6.07) is 2.17. The zero-order chi connectivity index (χ0) is 14.4. The van der Waals surface area contributed by atoms with Gasteiger partial charge in [0.05, 0.1) is 0 Å². The Morgan fingerprint density at radius 2 is 2.00 bits per heavy atom. The maximum absolute atomic E-state index is 4.82. The predicted molar refractivity (Wildman–Crippen MR) is 84.3 cm³/mol. The Kier molecular flexibility index (Phi) is 5.77. The van der Waals surface area contributed by atoms with Crippen LogP contribution in [0.25, 0.3) is 0 Å². The molecule has 1 heterocycles. The van der Waals surface area contributed by atoms with Gasteiger partial charge in [0.2, 0.25) is 0 Å². The van der Waals surface area contributed by atoms with E-state index in [4.69, 9.17) is 4.98 Å². The average molecular weight is 276 g/mol. The van der Waals surface area contributed by atoms with E-state index in [-0.39, 0.29) is 0 Å². The van der Waals surface area contributed by atoms with Crippen molar-refractivity contribution in [3.8, 4) is 0 Å². The lowest BCUT2D eigenvalue weighted by Gasteiger charge is -2.14. The van der Waals surface area contributed by atoms with Gasteiger partial charge in [-0.2, -0.15) is 0 Å². The van der Waals surface area contributed by atoms with Gasteiger partial charge in [-0.05, 0) is 33.4 Å². The first-order valence-corrected chi connectivity index (χ1v) is 7.95. The number of aromatic nitrogens is 2. The molecule has 0 unspecified atom stereocenters. The fourth-order valence-corrected chi connectivity index (χ4v) is 2.73. The zero-order valence-electron chi connectivity index (χ0n) is 13.2. The maximum Gasteiger partial charge on any atom is 0.132 e. The molecule has 1 aliphatic rings. The molecule has 20 heavy (non-hydrogen) atoms. The summed E-state index contributed by atoms with van der Waals surface area (Å²) in [5.41, 5.74) is 1.25. The highest BCUT2D eigenvalue weighted by molar-refractivity contribution is 5.37. The quantitative estimate of drug-likeness (QED) is 0.831. The molecule has 1 saturated carbocycles. The summed E-state index contributed by atoms with van der Waals surface area (Å²) < 4.78 is 0. The zero-order valence-corrected chi connectivity index (χ0v) is 13.2. The predicted octanol–water partition coefficient (Wildman–Crippen LogP) is 3.06. The number of rotatable bonds is 7. The van der Waals surface area contributed by atoms with Gasteiger partial charge in [-0.25, -0.2) is 9.97 Å². The second-order valence-electron chi connectivity index (χ2n) is 6.06. The highest BCUT2D eigenvalue weighted by Gasteiger charge is 2.19. The van der Waals surface area contributed by atoms with Gasteiger partial charge in [0.15, 0.2) is 0 Å². The molecule has 4 heteroatoms. The van der Waals surface area contributed by atoms with Crippen molar-refractivity contribution in [1.82, 2.24) is 14.9 Å². The summed E-state index contributed by atoms with van der Waals surface area (Å²) in [6.07, 6.45) is 7.32. The third-order valence-electron chi connectivity index (χ3n) is 3.90. The SMILES string of the molecule is CCCNc1cc(C2CCCC2)nc(CCN(C)C)n1. The molecule has 0 spiro atoms. The van der Waals surface area contributed by atoms with E-state index in [0.29, 0.717) is 5.92 Å². The minimum absolute atomic E-state index is 0.651. The van der Waals surface area contributed by atoms with E-state index in [0.717, 1.165) is 37.6 Å². The second kappa shape index (κ2) is 7.58. The van der Waals surface area contributed by atoms with Crippen molar-refractivity contribution < 1.29 is 0 Å². The fraction of sp³-hybridized carbons (Fsp3) is 0.750. The minimum atomic E-state index is 0.651. The number of nitrogens with zero attached hydrogens (tertiary/aromatic N) is 3. The van der Waals surface area contributed by atoms with Crippen molar-refractivity contribution in [3.05, 3.63) is 17.6 Å². The van der Waals surface area contributed by atoms with Gasteiger partial charge in [-0.15, -0.1) is 0 Å². The van der Waals surface area contributed by atoms with Crippen LogP contribution >= 0.6 is 0 Å². The molecule has 0 aromatic carbocycles. The Balaban J connectivity index is 2.14. The molecule has 1 fully saturated rings. The maximum atomic E-state index is 4.82. The van der Waals surface area contributed by atoms with Crippen LogP contribution in [0.5, 0.6) is 0 Å². The van der Waals surface area contributed by atoms with Crippen LogP contribution in [0.4, 0.5) is 5.82 Å². The number of nitrogens with one attached hydrogen (secondary N) is 1. The van der Waals surface area contributed by atoms with E-state index in [1.54, 1.807) is 0 Å². The summed E-state index contributed by atoms with van der Waals surface area (Å²) in [6.45, 7) is 4.16. The van der Waals surface area contributed by atoms with Crippen LogP contribution in [0, 0.1) is 0 Å². The summed E-state index contributed by atoms with van der Waals surface area (Å²) in [4.78, 5) is 11.7. The first-order valence-electron chi connectivity index (χ1n) is 7.95. The van der Waals surface area contributed by atoms with Gasteiger partial charge >= 0.3 is 0 Å². The molecule has 0 saturated heterocycles. The first-order chi connectivity index (χ1) is 9.69. The molecular formula is C16H28N4. The molecule has 1 aromatic heterocycles. The number of hydrogen-bond donors (Lipinski definition) is 1. The van der Waals surface area contributed by atoms with E-state index < -0.39 is 0 Å². The van der Waals surface area contributed by atoms with E-state index in [1.807, 2.05) is 0 Å². The Morgan fingerprint density at radius 3 is 2.65 bits per heavy atom. The van der Waals surface area contributed by atoms with Crippen LogP contribution in [-0.2, 0) is 6.42 Å². The fourth-order valence-electron chi connectivity index (χ4n) is 2.73. The van der Waals surface area contributed by atoms with Gasteiger partial charge in [0, 0.05) is 37.2 Å². The molecule has 4 nitrogen and oxygen atoms in total. The second-order valence-corrected chi connectivity index (χ2v) is 6.06. The average Bonchev–Trinajstić information content (AvgIpc) is 2.97. The lowest BCUT2D eigenvalue weighted by Crippen LogP contribution is -2.17. The largest absolute Gasteiger partial charge is 0.370 e. The Labute approximate surface area is 123 Å². The normalized spacial score (nSPS) is 16.0. The van der Waals surface area contributed by atoms with Crippen molar-refractivity contribution in [1.29, 1.82) is 0 Å². The van der Waals surface area contributed by atoms with Crippen molar-refractivity contribution in [2.24, 2.45) is 0 Å². The standard InChI is InChI=1S/C16H28N4/c1-4-10-17-16-12-14(13-7-5-6-8-13)18-15(19-16)9-11-20(2)3/h12-13H,4-11H2,1-3H3,(H,17,18,19). The van der Waals surface area contributed by atoms with E-state index >= 15 is 0 Å². The third kappa shape index (κ3) is 4.44. The highest BCUT2D eigenvalue weighted by atomic mass is 15.1. The minimum Gasteiger partial charge on any atom is -0.370 e. The summed E-state index contributed by atoms with van der Waals surface area (Å²) in [5.74, 6) is 2.65.